The normalized spacial score (nSPS) is 14.4. The van der Waals surface area contributed by atoms with Gasteiger partial charge in [0.2, 0.25) is 0 Å². The molecular weight excluding hydrogens is 625 g/mol. The van der Waals surface area contributed by atoms with Crippen molar-refractivity contribution in [3.05, 3.63) is 156 Å². The zero-order valence-corrected chi connectivity index (χ0v) is 27.8. The number of hydrogen-bond acceptors (Lipinski definition) is 8. The minimum absolute atomic E-state index is 0.180. The first kappa shape index (κ1) is 32.4. The molecule has 0 radical (unpaired) electrons. The third-order valence-corrected chi connectivity index (χ3v) is 8.99. The molecule has 9 heteroatoms. The van der Waals surface area contributed by atoms with Crippen LogP contribution in [0.5, 0.6) is 11.5 Å². The van der Waals surface area contributed by atoms with Crippen LogP contribution in [0.1, 0.15) is 65.3 Å². The zero-order valence-electron chi connectivity index (χ0n) is 27.0. The van der Waals surface area contributed by atoms with Crippen molar-refractivity contribution < 1.29 is 23.8 Å². The molecule has 0 fully saturated rings. The van der Waals surface area contributed by atoms with Crippen molar-refractivity contribution in [2.45, 2.75) is 32.7 Å². The Morgan fingerprint density at radius 3 is 2.17 bits per heavy atom. The van der Waals surface area contributed by atoms with Gasteiger partial charge in [0.1, 0.15) is 11.5 Å². The van der Waals surface area contributed by atoms with Crippen LogP contribution in [0.4, 0.5) is 0 Å². The van der Waals surface area contributed by atoms with Gasteiger partial charge in [0.15, 0.2) is 4.80 Å². The summed E-state index contributed by atoms with van der Waals surface area (Å²) in [4.78, 5) is 45.9. The van der Waals surface area contributed by atoms with E-state index in [1.54, 1.807) is 73.2 Å². The van der Waals surface area contributed by atoms with Gasteiger partial charge in [-0.05, 0) is 72.0 Å². The van der Waals surface area contributed by atoms with Gasteiger partial charge in [-0.15, -0.1) is 0 Å². The van der Waals surface area contributed by atoms with E-state index in [2.05, 4.69) is 13.8 Å². The van der Waals surface area contributed by atoms with Gasteiger partial charge in [-0.1, -0.05) is 91.9 Å². The highest BCUT2D eigenvalue weighted by Crippen LogP contribution is 2.35. The number of thiazole rings is 1. The first-order valence-electron chi connectivity index (χ1n) is 15.6. The lowest BCUT2D eigenvalue weighted by Gasteiger charge is -2.26. The molecule has 0 N–H and O–H groups in total. The Hall–Kier alpha value is -5.54. The monoisotopic (exact) mass is 658 g/mol. The fourth-order valence-electron chi connectivity index (χ4n) is 5.50. The molecule has 0 aliphatic carbocycles. The summed E-state index contributed by atoms with van der Waals surface area (Å²) >= 11 is 1.25. The molecule has 0 saturated carbocycles. The first-order valence-corrected chi connectivity index (χ1v) is 16.4. The van der Waals surface area contributed by atoms with Gasteiger partial charge < -0.3 is 14.2 Å². The maximum absolute atomic E-state index is 14.2. The van der Waals surface area contributed by atoms with E-state index >= 15 is 0 Å². The molecule has 242 valence electrons. The third kappa shape index (κ3) is 6.63. The zero-order chi connectivity index (χ0) is 33.8. The molecule has 0 saturated heterocycles. The van der Waals surface area contributed by atoms with Crippen molar-refractivity contribution in [3.63, 3.8) is 0 Å². The molecule has 8 nitrogen and oxygen atoms in total. The second-order valence-corrected chi connectivity index (χ2v) is 12.4. The molecule has 1 aliphatic rings. The van der Waals surface area contributed by atoms with E-state index in [-0.39, 0.29) is 12.2 Å². The average Bonchev–Trinajstić information content (AvgIpc) is 3.42. The quantitative estimate of drug-likeness (QED) is 0.137. The number of fused-ring (bicyclic) bond motifs is 1. The van der Waals surface area contributed by atoms with Crippen LogP contribution in [-0.4, -0.2) is 30.2 Å². The Morgan fingerprint density at radius 1 is 0.875 bits per heavy atom. The van der Waals surface area contributed by atoms with Crippen molar-refractivity contribution in [3.8, 4) is 11.5 Å². The van der Waals surface area contributed by atoms with Crippen LogP contribution >= 0.6 is 11.3 Å². The second-order valence-electron chi connectivity index (χ2n) is 11.4. The van der Waals surface area contributed by atoms with Gasteiger partial charge in [0, 0.05) is 5.56 Å². The first-order chi connectivity index (χ1) is 23.3. The average molecular weight is 659 g/mol. The van der Waals surface area contributed by atoms with E-state index in [9.17, 15) is 14.4 Å². The van der Waals surface area contributed by atoms with Crippen LogP contribution in [0.25, 0.3) is 11.8 Å². The van der Waals surface area contributed by atoms with Crippen LogP contribution in [0.2, 0.25) is 0 Å². The van der Waals surface area contributed by atoms with Gasteiger partial charge in [0.25, 0.3) is 5.56 Å². The summed E-state index contributed by atoms with van der Waals surface area (Å²) < 4.78 is 18.3. The molecule has 0 unspecified atom stereocenters. The van der Waals surface area contributed by atoms with E-state index in [1.165, 1.54) is 11.3 Å². The summed E-state index contributed by atoms with van der Waals surface area (Å²) in [6.45, 7) is 6.17. The Labute approximate surface area is 281 Å². The minimum atomic E-state index is -0.751. The predicted molar refractivity (Wildman–Crippen MR) is 186 cm³/mol. The number of hydrogen-bond donors (Lipinski definition) is 0. The van der Waals surface area contributed by atoms with Crippen molar-refractivity contribution in [2.24, 2.45) is 4.99 Å². The molecule has 2 heterocycles. The van der Waals surface area contributed by atoms with E-state index in [0.29, 0.717) is 43.6 Å². The van der Waals surface area contributed by atoms with Gasteiger partial charge >= 0.3 is 11.9 Å². The number of aromatic nitrogens is 1. The highest BCUT2D eigenvalue weighted by atomic mass is 32.1. The van der Waals surface area contributed by atoms with E-state index in [4.69, 9.17) is 19.2 Å². The van der Waals surface area contributed by atoms with Gasteiger partial charge in [0.05, 0.1) is 41.1 Å². The smallest absolute Gasteiger partial charge is 0.343 e. The van der Waals surface area contributed by atoms with Crippen molar-refractivity contribution in [2.75, 3.05) is 13.7 Å². The molecule has 0 bridgehead atoms. The molecule has 0 amide bonds. The molecule has 1 atom stereocenters. The highest BCUT2D eigenvalue weighted by Gasteiger charge is 2.35. The molecule has 0 spiro atoms. The Bertz CT molecular complexity index is 2160. The van der Waals surface area contributed by atoms with Crippen molar-refractivity contribution in [1.29, 1.82) is 0 Å². The SMILES string of the molecule is CCOC(=O)C1=C(c2ccccc2)N=c2s/c(=C\c3ccc(OC(=O)c4ccc(OC)cc4)cc3)c(=O)n2[C@H]1c1ccc(C(C)C)cc1. The number of nitrogens with zero attached hydrogens (tertiary/aromatic N) is 2. The highest BCUT2D eigenvalue weighted by molar-refractivity contribution is 7.07. The predicted octanol–water partition coefficient (Wildman–Crippen LogP) is 6.29. The number of esters is 2. The number of carbonyl (C=O) groups is 2. The molecule has 1 aromatic heterocycles. The maximum atomic E-state index is 14.2. The summed E-state index contributed by atoms with van der Waals surface area (Å²) in [5.74, 6) is 0.313. The van der Waals surface area contributed by atoms with Crippen molar-refractivity contribution >= 4 is 35.0 Å². The number of methoxy groups -OCH3 is 1. The summed E-state index contributed by atoms with van der Waals surface area (Å²) in [5, 5.41) is 0. The Kier molecular flexibility index (Phi) is 9.50. The Balaban J connectivity index is 1.42. The number of rotatable bonds is 9. The van der Waals surface area contributed by atoms with E-state index in [0.717, 1.165) is 22.3 Å². The Morgan fingerprint density at radius 2 is 1.54 bits per heavy atom. The molecule has 6 rings (SSSR count). The fourth-order valence-corrected chi connectivity index (χ4v) is 6.50. The van der Waals surface area contributed by atoms with Crippen LogP contribution in [-0.2, 0) is 9.53 Å². The number of benzene rings is 4. The van der Waals surface area contributed by atoms with Gasteiger partial charge in [-0.3, -0.25) is 9.36 Å². The third-order valence-electron chi connectivity index (χ3n) is 8.01. The molecule has 4 aromatic carbocycles. The fraction of sp³-hybridized carbons (Fsp3) is 0.179. The number of ether oxygens (including phenoxy) is 3. The second kappa shape index (κ2) is 14.1. The van der Waals surface area contributed by atoms with Crippen LogP contribution < -0.4 is 24.4 Å². The lowest BCUT2D eigenvalue weighted by Crippen LogP contribution is -2.40. The lowest BCUT2D eigenvalue weighted by atomic mass is 9.91. The summed E-state index contributed by atoms with van der Waals surface area (Å²) in [5.41, 5.74) is 4.31. The summed E-state index contributed by atoms with van der Waals surface area (Å²) in [6, 6.07) is 30.3. The topological polar surface area (TPSA) is 96.2 Å². The number of carbonyl (C=O) groups excluding carboxylic acids is 2. The van der Waals surface area contributed by atoms with Crippen LogP contribution in [0, 0.1) is 0 Å². The standard InChI is InChI=1S/C39H34N2O6S/c1-5-46-38(44)33-34(27-9-7-6-8-10-27)40-39-41(35(33)28-15-13-26(14-16-28)24(2)3)36(42)32(48-39)23-25-11-19-31(20-12-25)47-37(43)29-17-21-30(45-4)22-18-29/h6-24,35H,5H2,1-4H3/b32-23-/t35-/m0/s1. The van der Waals surface area contributed by atoms with Gasteiger partial charge in [-0.25, -0.2) is 14.6 Å². The van der Waals surface area contributed by atoms with Crippen molar-refractivity contribution in [1.82, 2.24) is 4.57 Å². The molecule has 48 heavy (non-hydrogen) atoms. The van der Waals surface area contributed by atoms with E-state index in [1.807, 2.05) is 54.6 Å². The minimum Gasteiger partial charge on any atom is -0.497 e. The molecule has 1 aliphatic heterocycles. The maximum Gasteiger partial charge on any atom is 0.343 e. The van der Waals surface area contributed by atoms with Gasteiger partial charge in [-0.2, -0.15) is 0 Å². The summed E-state index contributed by atoms with van der Waals surface area (Å²) in [6.07, 6.45) is 1.77. The molecule has 5 aromatic rings. The van der Waals surface area contributed by atoms with E-state index < -0.39 is 18.0 Å². The van der Waals surface area contributed by atoms with Crippen LogP contribution in [0.15, 0.2) is 118 Å². The summed E-state index contributed by atoms with van der Waals surface area (Å²) in [7, 11) is 1.56. The lowest BCUT2D eigenvalue weighted by molar-refractivity contribution is -0.138. The molecular formula is C39H34N2O6S. The van der Waals surface area contributed by atoms with Crippen LogP contribution in [0.3, 0.4) is 0 Å². The largest absolute Gasteiger partial charge is 0.497 e.